The average molecular weight is 394 g/mol. The molecule has 0 atom stereocenters. The molecule has 1 aromatic carbocycles. The average Bonchev–Trinajstić information content (AvgIpc) is 3.31. The maximum Gasteiger partial charge on any atom is 0.416 e. The van der Waals surface area contributed by atoms with E-state index in [1.54, 1.807) is 12.1 Å². The van der Waals surface area contributed by atoms with Gasteiger partial charge in [-0.1, -0.05) is 11.2 Å². The maximum absolute atomic E-state index is 12.7. The molecule has 3 aromatic rings. The molecule has 0 unspecified atom stereocenters. The van der Waals surface area contributed by atoms with Crippen LogP contribution in [0.3, 0.4) is 0 Å². The summed E-state index contributed by atoms with van der Waals surface area (Å²) in [5, 5.41) is 8.31. The van der Waals surface area contributed by atoms with Crippen LogP contribution in [-0.2, 0) is 23.9 Å². The van der Waals surface area contributed by atoms with E-state index in [0.717, 1.165) is 12.1 Å². The number of amides is 2. The number of furan rings is 1. The highest BCUT2D eigenvalue weighted by Crippen LogP contribution is 2.30. The molecule has 146 valence electrons. The number of benzene rings is 1. The monoisotopic (exact) mass is 394 g/mol. The number of aromatic nitrogens is 2. The highest BCUT2D eigenvalue weighted by molar-refractivity contribution is 5.92. The summed E-state index contributed by atoms with van der Waals surface area (Å²) in [6.07, 6.45) is -3.45. The molecule has 0 aliphatic heterocycles. The Hall–Kier alpha value is -3.63. The number of carbonyl (C=O) groups is 2. The molecule has 2 amide bonds. The number of alkyl halides is 3. The summed E-state index contributed by atoms with van der Waals surface area (Å²) < 4.78 is 47.9. The minimum absolute atomic E-state index is 0.0280. The number of hydrogen-bond donors (Lipinski definition) is 2. The first-order chi connectivity index (χ1) is 13.3. The van der Waals surface area contributed by atoms with Gasteiger partial charge in [-0.2, -0.15) is 18.2 Å². The summed E-state index contributed by atoms with van der Waals surface area (Å²) >= 11 is 0. The van der Waals surface area contributed by atoms with Crippen LogP contribution in [0.2, 0.25) is 0 Å². The molecule has 11 heteroatoms. The van der Waals surface area contributed by atoms with Crippen molar-refractivity contribution in [1.29, 1.82) is 0 Å². The summed E-state index contributed by atoms with van der Waals surface area (Å²) in [7, 11) is 0. The first kappa shape index (κ1) is 19.1. The van der Waals surface area contributed by atoms with Gasteiger partial charge in [0.25, 0.3) is 0 Å². The van der Waals surface area contributed by atoms with E-state index in [9.17, 15) is 22.8 Å². The molecule has 0 saturated carbocycles. The summed E-state index contributed by atoms with van der Waals surface area (Å²) in [6, 6.07) is 7.52. The number of halogens is 3. The zero-order chi connectivity index (χ0) is 20.1. The molecule has 2 aromatic heterocycles. The van der Waals surface area contributed by atoms with Crippen molar-refractivity contribution in [2.75, 3.05) is 5.32 Å². The lowest BCUT2D eigenvalue weighted by Gasteiger charge is -2.09. The van der Waals surface area contributed by atoms with Crippen LogP contribution >= 0.6 is 0 Å². The van der Waals surface area contributed by atoms with Crippen molar-refractivity contribution in [3.05, 3.63) is 65.7 Å². The van der Waals surface area contributed by atoms with Crippen LogP contribution in [0.25, 0.3) is 0 Å². The van der Waals surface area contributed by atoms with Crippen molar-refractivity contribution in [1.82, 2.24) is 15.5 Å². The van der Waals surface area contributed by atoms with Gasteiger partial charge in [-0.05, 0) is 30.3 Å². The van der Waals surface area contributed by atoms with E-state index >= 15 is 0 Å². The third-order valence-corrected chi connectivity index (χ3v) is 3.46. The quantitative estimate of drug-likeness (QED) is 0.665. The van der Waals surface area contributed by atoms with E-state index < -0.39 is 23.6 Å². The van der Waals surface area contributed by atoms with Gasteiger partial charge in [0.05, 0.1) is 24.8 Å². The fourth-order valence-electron chi connectivity index (χ4n) is 2.20. The minimum Gasteiger partial charge on any atom is -0.467 e. The molecule has 0 aliphatic carbocycles. The van der Waals surface area contributed by atoms with Crippen molar-refractivity contribution < 1.29 is 31.7 Å². The lowest BCUT2D eigenvalue weighted by molar-refractivity contribution is -0.137. The summed E-state index contributed by atoms with van der Waals surface area (Å²) in [5.74, 6) is -1.24. The molecule has 2 heterocycles. The molecule has 3 rings (SSSR count). The topological polar surface area (TPSA) is 110 Å². The van der Waals surface area contributed by atoms with Crippen LogP contribution in [0.4, 0.5) is 18.9 Å². The highest BCUT2D eigenvalue weighted by atomic mass is 19.4. The van der Waals surface area contributed by atoms with Gasteiger partial charge >= 0.3 is 18.0 Å². The van der Waals surface area contributed by atoms with Gasteiger partial charge in [-0.25, -0.2) is 0 Å². The Morgan fingerprint density at radius 3 is 2.68 bits per heavy atom. The van der Waals surface area contributed by atoms with Gasteiger partial charge in [0.2, 0.25) is 5.91 Å². The SMILES string of the molecule is O=C(Cc1noc(C(=O)NCc2ccco2)n1)Nc1cccc(C(F)(F)F)c1. The van der Waals surface area contributed by atoms with E-state index in [4.69, 9.17) is 8.94 Å². The number of hydrogen-bond acceptors (Lipinski definition) is 6. The molecule has 0 bridgehead atoms. The van der Waals surface area contributed by atoms with Gasteiger partial charge in [0.15, 0.2) is 5.82 Å². The smallest absolute Gasteiger partial charge is 0.416 e. The van der Waals surface area contributed by atoms with Crippen LogP contribution in [0.1, 0.15) is 27.8 Å². The van der Waals surface area contributed by atoms with Crippen molar-refractivity contribution >= 4 is 17.5 Å². The number of nitrogens with one attached hydrogen (secondary N) is 2. The summed E-state index contributed by atoms with van der Waals surface area (Å²) in [4.78, 5) is 27.7. The minimum atomic E-state index is -4.52. The van der Waals surface area contributed by atoms with Crippen molar-refractivity contribution in [2.24, 2.45) is 0 Å². The zero-order valence-electron chi connectivity index (χ0n) is 14.1. The molecule has 0 spiro atoms. The zero-order valence-corrected chi connectivity index (χ0v) is 14.1. The Morgan fingerprint density at radius 1 is 1.14 bits per heavy atom. The molecule has 8 nitrogen and oxygen atoms in total. The van der Waals surface area contributed by atoms with Gasteiger partial charge in [-0.3, -0.25) is 9.59 Å². The molecule has 0 saturated heterocycles. The normalized spacial score (nSPS) is 11.2. The van der Waals surface area contributed by atoms with E-state index in [2.05, 4.69) is 20.8 Å². The number of nitrogens with zero attached hydrogens (tertiary/aromatic N) is 2. The van der Waals surface area contributed by atoms with Crippen molar-refractivity contribution in [2.45, 2.75) is 19.1 Å². The second kappa shape index (κ2) is 7.94. The molecular weight excluding hydrogens is 381 g/mol. The van der Waals surface area contributed by atoms with E-state index in [0.29, 0.717) is 5.76 Å². The lowest BCUT2D eigenvalue weighted by atomic mass is 10.2. The number of rotatable bonds is 6. The largest absolute Gasteiger partial charge is 0.467 e. The Labute approximate surface area is 155 Å². The molecule has 0 aliphatic rings. The fraction of sp³-hybridized carbons (Fsp3) is 0.176. The maximum atomic E-state index is 12.7. The fourth-order valence-corrected chi connectivity index (χ4v) is 2.20. The molecular formula is C17H13F3N4O4. The highest BCUT2D eigenvalue weighted by Gasteiger charge is 2.30. The second-order valence-corrected chi connectivity index (χ2v) is 5.58. The van der Waals surface area contributed by atoms with Crippen molar-refractivity contribution in [3.8, 4) is 0 Å². The van der Waals surface area contributed by atoms with Crippen LogP contribution in [0.5, 0.6) is 0 Å². The molecule has 0 radical (unpaired) electrons. The Kier molecular flexibility index (Phi) is 5.43. The van der Waals surface area contributed by atoms with Gasteiger partial charge < -0.3 is 19.6 Å². The summed E-state index contributed by atoms with van der Waals surface area (Å²) in [5.41, 5.74) is -0.917. The van der Waals surface area contributed by atoms with E-state index in [-0.39, 0.29) is 30.4 Å². The number of anilines is 1. The molecule has 0 fully saturated rings. The first-order valence-corrected chi connectivity index (χ1v) is 7.91. The standard InChI is InChI=1S/C17H13F3N4O4/c18-17(19,20)10-3-1-4-11(7-10)22-14(25)8-13-23-16(28-24-13)15(26)21-9-12-5-2-6-27-12/h1-7H,8-9H2,(H,21,26)(H,22,25). The predicted octanol–water partition coefficient (Wildman–Crippen LogP) is 2.79. The number of carbonyl (C=O) groups excluding carboxylic acids is 2. The van der Waals surface area contributed by atoms with Crippen molar-refractivity contribution in [3.63, 3.8) is 0 Å². The van der Waals surface area contributed by atoms with Crippen LogP contribution in [0, 0.1) is 0 Å². The molecule has 28 heavy (non-hydrogen) atoms. The first-order valence-electron chi connectivity index (χ1n) is 7.91. The summed E-state index contributed by atoms with van der Waals surface area (Å²) in [6.45, 7) is 0.111. The second-order valence-electron chi connectivity index (χ2n) is 5.58. The van der Waals surface area contributed by atoms with E-state index in [1.807, 2.05) is 0 Å². The predicted molar refractivity (Wildman–Crippen MR) is 88.0 cm³/mol. The van der Waals surface area contributed by atoms with Crippen LogP contribution in [-0.4, -0.2) is 22.0 Å². The molecule has 2 N–H and O–H groups in total. The van der Waals surface area contributed by atoms with E-state index in [1.165, 1.54) is 18.4 Å². The van der Waals surface area contributed by atoms with Gasteiger partial charge in [-0.15, -0.1) is 0 Å². The Bertz CT molecular complexity index is 967. The Morgan fingerprint density at radius 2 is 1.96 bits per heavy atom. The third-order valence-electron chi connectivity index (χ3n) is 3.46. The lowest BCUT2D eigenvalue weighted by Crippen LogP contribution is -2.23. The van der Waals surface area contributed by atoms with Gasteiger partial charge in [0.1, 0.15) is 5.76 Å². The van der Waals surface area contributed by atoms with Crippen LogP contribution in [0.15, 0.2) is 51.6 Å². The van der Waals surface area contributed by atoms with Gasteiger partial charge in [0, 0.05) is 5.69 Å². The Balaban J connectivity index is 1.56. The third kappa shape index (κ3) is 4.96. The van der Waals surface area contributed by atoms with Crippen LogP contribution < -0.4 is 10.6 Å².